The molecule has 1 saturated heterocycles. The fourth-order valence-electron chi connectivity index (χ4n) is 4.31. The predicted octanol–water partition coefficient (Wildman–Crippen LogP) is 4.86. The van der Waals surface area contributed by atoms with Gasteiger partial charge in [-0.05, 0) is 63.1 Å². The van der Waals surface area contributed by atoms with Gasteiger partial charge in [0.05, 0.1) is 11.0 Å². The summed E-state index contributed by atoms with van der Waals surface area (Å²) < 4.78 is 2.41. The Kier molecular flexibility index (Phi) is 5.81. The van der Waals surface area contributed by atoms with Crippen molar-refractivity contribution in [1.82, 2.24) is 14.9 Å². The SMILES string of the molecule is CCCCNC(=O)C1CCN(c2nc3cc(C)c(Cl)cc3n2C2CCC2)CC1. The second kappa shape index (κ2) is 8.32. The topological polar surface area (TPSA) is 50.2 Å². The number of benzene rings is 1. The normalized spacial score (nSPS) is 18.5. The summed E-state index contributed by atoms with van der Waals surface area (Å²) in [6.45, 7) is 6.75. The number of imidazole rings is 1. The summed E-state index contributed by atoms with van der Waals surface area (Å²) in [5, 5.41) is 3.90. The number of carbonyl (C=O) groups excluding carboxylic acids is 1. The third kappa shape index (κ3) is 3.73. The fourth-order valence-corrected chi connectivity index (χ4v) is 4.47. The Balaban J connectivity index is 1.52. The van der Waals surface area contributed by atoms with E-state index in [1.807, 2.05) is 6.92 Å². The molecule has 1 aliphatic carbocycles. The molecule has 2 heterocycles. The molecule has 0 bridgehead atoms. The van der Waals surface area contributed by atoms with E-state index in [0.717, 1.165) is 72.9 Å². The summed E-state index contributed by atoms with van der Waals surface area (Å²) in [4.78, 5) is 19.8. The number of nitrogens with one attached hydrogen (secondary N) is 1. The van der Waals surface area contributed by atoms with E-state index in [2.05, 4.69) is 33.8 Å². The quantitative estimate of drug-likeness (QED) is 0.702. The lowest BCUT2D eigenvalue weighted by Gasteiger charge is -2.36. The lowest BCUT2D eigenvalue weighted by Crippen LogP contribution is -2.42. The molecule has 6 heteroatoms. The molecule has 1 saturated carbocycles. The number of rotatable bonds is 6. The Morgan fingerprint density at radius 2 is 2.00 bits per heavy atom. The zero-order chi connectivity index (χ0) is 19.7. The van der Waals surface area contributed by atoms with Gasteiger partial charge in [0.1, 0.15) is 0 Å². The Morgan fingerprint density at radius 3 is 2.64 bits per heavy atom. The second-order valence-electron chi connectivity index (χ2n) is 8.36. The number of carbonyl (C=O) groups is 1. The van der Waals surface area contributed by atoms with Gasteiger partial charge in [-0.1, -0.05) is 24.9 Å². The summed E-state index contributed by atoms with van der Waals surface area (Å²) in [5.74, 6) is 1.42. The fraction of sp³-hybridized carbons (Fsp3) is 0.636. The van der Waals surface area contributed by atoms with Crippen LogP contribution in [-0.2, 0) is 4.79 Å². The van der Waals surface area contributed by atoms with E-state index in [9.17, 15) is 4.79 Å². The molecule has 2 aliphatic rings. The molecule has 152 valence electrons. The first-order valence-electron chi connectivity index (χ1n) is 10.8. The van der Waals surface area contributed by atoms with E-state index >= 15 is 0 Å². The monoisotopic (exact) mass is 402 g/mol. The van der Waals surface area contributed by atoms with Crippen molar-refractivity contribution in [2.45, 2.75) is 64.8 Å². The average Bonchev–Trinajstić information content (AvgIpc) is 2.99. The minimum atomic E-state index is 0.131. The molecular formula is C22H31ClN4O. The maximum absolute atomic E-state index is 12.4. The molecule has 0 atom stereocenters. The van der Waals surface area contributed by atoms with E-state index in [1.54, 1.807) is 0 Å². The van der Waals surface area contributed by atoms with Gasteiger partial charge in [-0.3, -0.25) is 4.79 Å². The average molecular weight is 403 g/mol. The second-order valence-corrected chi connectivity index (χ2v) is 8.77. The molecule has 1 N–H and O–H groups in total. The summed E-state index contributed by atoms with van der Waals surface area (Å²) in [6, 6.07) is 4.70. The van der Waals surface area contributed by atoms with Gasteiger partial charge in [0.2, 0.25) is 11.9 Å². The van der Waals surface area contributed by atoms with E-state index in [4.69, 9.17) is 16.6 Å². The van der Waals surface area contributed by atoms with Crippen LogP contribution in [0.3, 0.4) is 0 Å². The molecule has 1 aromatic heterocycles. The number of piperidine rings is 1. The van der Waals surface area contributed by atoms with Crippen molar-refractivity contribution in [1.29, 1.82) is 0 Å². The van der Waals surface area contributed by atoms with Crippen molar-refractivity contribution in [2.24, 2.45) is 5.92 Å². The van der Waals surface area contributed by atoms with Gasteiger partial charge in [-0.25, -0.2) is 4.98 Å². The number of hydrogen-bond donors (Lipinski definition) is 1. The maximum Gasteiger partial charge on any atom is 0.223 e. The number of hydrogen-bond acceptors (Lipinski definition) is 3. The van der Waals surface area contributed by atoms with Crippen LogP contribution in [0.5, 0.6) is 0 Å². The summed E-state index contributed by atoms with van der Waals surface area (Å²) in [7, 11) is 0. The molecule has 5 nitrogen and oxygen atoms in total. The Morgan fingerprint density at radius 1 is 1.25 bits per heavy atom. The van der Waals surface area contributed by atoms with Crippen LogP contribution in [0.4, 0.5) is 5.95 Å². The molecule has 0 unspecified atom stereocenters. The number of anilines is 1. The Bertz CT molecular complexity index is 850. The Labute approximate surface area is 172 Å². The van der Waals surface area contributed by atoms with Crippen LogP contribution in [0.15, 0.2) is 12.1 Å². The molecular weight excluding hydrogens is 372 g/mol. The van der Waals surface area contributed by atoms with E-state index in [-0.39, 0.29) is 11.8 Å². The number of nitrogens with zero attached hydrogens (tertiary/aromatic N) is 3. The predicted molar refractivity (Wildman–Crippen MR) is 115 cm³/mol. The van der Waals surface area contributed by atoms with Gasteiger partial charge in [0.25, 0.3) is 0 Å². The van der Waals surface area contributed by atoms with Gasteiger partial charge in [-0.15, -0.1) is 0 Å². The smallest absolute Gasteiger partial charge is 0.223 e. The van der Waals surface area contributed by atoms with Crippen molar-refractivity contribution in [2.75, 3.05) is 24.5 Å². The van der Waals surface area contributed by atoms with Gasteiger partial charge in [0, 0.05) is 36.6 Å². The number of aromatic nitrogens is 2. The van der Waals surface area contributed by atoms with Crippen LogP contribution < -0.4 is 10.2 Å². The van der Waals surface area contributed by atoms with Crippen LogP contribution in [0, 0.1) is 12.8 Å². The number of halogens is 1. The first-order valence-corrected chi connectivity index (χ1v) is 11.2. The molecule has 0 radical (unpaired) electrons. The molecule has 4 rings (SSSR count). The van der Waals surface area contributed by atoms with Crippen molar-refractivity contribution in [3.05, 3.63) is 22.7 Å². The first-order chi connectivity index (χ1) is 13.6. The van der Waals surface area contributed by atoms with Crippen LogP contribution in [-0.4, -0.2) is 35.1 Å². The van der Waals surface area contributed by atoms with Gasteiger partial charge >= 0.3 is 0 Å². The van der Waals surface area contributed by atoms with Crippen molar-refractivity contribution in [3.63, 3.8) is 0 Å². The van der Waals surface area contributed by atoms with Crippen LogP contribution >= 0.6 is 11.6 Å². The molecule has 1 amide bonds. The van der Waals surface area contributed by atoms with E-state index in [1.165, 1.54) is 19.3 Å². The first kappa shape index (κ1) is 19.6. The lowest BCUT2D eigenvalue weighted by atomic mass is 9.92. The standard InChI is InChI=1S/C22H31ClN4O/c1-3-4-10-24-21(28)16-8-11-26(12-9-16)22-25-19-13-15(2)18(23)14-20(19)27(22)17-6-5-7-17/h13-14,16-17H,3-12H2,1-2H3,(H,24,28). The number of fused-ring (bicyclic) bond motifs is 1. The summed E-state index contributed by atoms with van der Waals surface area (Å²) >= 11 is 6.43. The highest BCUT2D eigenvalue weighted by atomic mass is 35.5. The Hall–Kier alpha value is -1.75. The van der Waals surface area contributed by atoms with Gasteiger partial charge < -0.3 is 14.8 Å². The van der Waals surface area contributed by atoms with Crippen molar-refractivity contribution < 1.29 is 4.79 Å². The summed E-state index contributed by atoms with van der Waals surface area (Å²) in [5.41, 5.74) is 3.25. The number of aryl methyl sites for hydroxylation is 1. The van der Waals surface area contributed by atoms with Crippen LogP contribution in [0.1, 0.15) is 63.5 Å². The largest absolute Gasteiger partial charge is 0.356 e. The number of unbranched alkanes of at least 4 members (excludes halogenated alkanes) is 1. The van der Waals surface area contributed by atoms with Gasteiger partial charge in [0.15, 0.2) is 0 Å². The zero-order valence-electron chi connectivity index (χ0n) is 17.0. The third-order valence-electron chi connectivity index (χ3n) is 6.37. The lowest BCUT2D eigenvalue weighted by molar-refractivity contribution is -0.125. The molecule has 1 aromatic carbocycles. The highest BCUT2D eigenvalue weighted by molar-refractivity contribution is 6.32. The van der Waals surface area contributed by atoms with Gasteiger partial charge in [-0.2, -0.15) is 0 Å². The van der Waals surface area contributed by atoms with E-state index in [0.29, 0.717) is 6.04 Å². The van der Waals surface area contributed by atoms with E-state index < -0.39 is 0 Å². The molecule has 2 fully saturated rings. The molecule has 2 aromatic rings. The highest BCUT2D eigenvalue weighted by Gasteiger charge is 2.31. The minimum absolute atomic E-state index is 0.131. The minimum Gasteiger partial charge on any atom is -0.356 e. The van der Waals surface area contributed by atoms with Crippen LogP contribution in [0.2, 0.25) is 5.02 Å². The van der Waals surface area contributed by atoms with Crippen molar-refractivity contribution in [3.8, 4) is 0 Å². The molecule has 28 heavy (non-hydrogen) atoms. The third-order valence-corrected chi connectivity index (χ3v) is 6.78. The molecule has 0 spiro atoms. The number of amides is 1. The highest BCUT2D eigenvalue weighted by Crippen LogP contribution is 2.40. The maximum atomic E-state index is 12.4. The molecule has 1 aliphatic heterocycles. The zero-order valence-corrected chi connectivity index (χ0v) is 17.8. The van der Waals surface area contributed by atoms with Crippen LogP contribution in [0.25, 0.3) is 11.0 Å². The van der Waals surface area contributed by atoms with Crippen molar-refractivity contribution >= 4 is 34.5 Å². The summed E-state index contributed by atoms with van der Waals surface area (Å²) in [6.07, 6.45) is 7.65.